The Morgan fingerprint density at radius 3 is 2.94 bits per heavy atom. The Labute approximate surface area is 100 Å². The number of benzene rings is 1. The number of nitrogens with one attached hydrogen (secondary N) is 1. The fourth-order valence-electron chi connectivity index (χ4n) is 1.93. The molecule has 0 saturated carbocycles. The summed E-state index contributed by atoms with van der Waals surface area (Å²) < 4.78 is 15.3. The molecule has 1 heterocycles. The number of aryl methyl sites for hydroxylation is 1. The van der Waals surface area contributed by atoms with Crippen LogP contribution in [0.4, 0.5) is 4.39 Å². The highest BCUT2D eigenvalue weighted by atomic mass is 19.1. The van der Waals surface area contributed by atoms with Crippen molar-refractivity contribution in [1.29, 1.82) is 0 Å². The number of nitrogens with zero attached hydrogens (tertiary/aromatic N) is 2. The summed E-state index contributed by atoms with van der Waals surface area (Å²) in [6.45, 7) is 3.54. The number of halogens is 1. The van der Waals surface area contributed by atoms with E-state index in [9.17, 15) is 4.39 Å². The third-order valence-corrected chi connectivity index (χ3v) is 2.73. The van der Waals surface area contributed by atoms with E-state index in [0.717, 1.165) is 23.5 Å². The predicted molar refractivity (Wildman–Crippen MR) is 66.1 cm³/mol. The van der Waals surface area contributed by atoms with E-state index >= 15 is 0 Å². The summed E-state index contributed by atoms with van der Waals surface area (Å²) in [5.41, 5.74) is 1.90. The number of imidazole rings is 1. The molecule has 3 nitrogen and oxygen atoms in total. The molecule has 17 heavy (non-hydrogen) atoms. The van der Waals surface area contributed by atoms with Crippen LogP contribution in [0.2, 0.25) is 0 Å². The molecule has 1 aromatic heterocycles. The highest BCUT2D eigenvalue weighted by Crippen LogP contribution is 2.23. The third-order valence-electron chi connectivity index (χ3n) is 2.73. The number of rotatable bonds is 4. The molecule has 0 aliphatic rings. The first-order chi connectivity index (χ1) is 8.26. The standard InChI is InChI=1S/C13H16FN3/c1-3-17-7-6-16-13(17)12-5-4-11(14)8-10(12)9-15-2/h4-8,15H,3,9H2,1-2H3. The summed E-state index contributed by atoms with van der Waals surface area (Å²) in [5, 5.41) is 3.05. The molecule has 0 unspecified atom stereocenters. The van der Waals surface area contributed by atoms with E-state index in [4.69, 9.17) is 0 Å². The molecule has 0 fully saturated rings. The van der Waals surface area contributed by atoms with Crippen molar-refractivity contribution < 1.29 is 4.39 Å². The molecule has 0 radical (unpaired) electrons. The van der Waals surface area contributed by atoms with Crippen LogP contribution >= 0.6 is 0 Å². The maximum Gasteiger partial charge on any atom is 0.140 e. The summed E-state index contributed by atoms with van der Waals surface area (Å²) in [6.07, 6.45) is 3.70. The van der Waals surface area contributed by atoms with Gasteiger partial charge in [0.25, 0.3) is 0 Å². The molecule has 0 saturated heterocycles. The van der Waals surface area contributed by atoms with Crippen molar-refractivity contribution in [3.05, 3.63) is 42.0 Å². The van der Waals surface area contributed by atoms with E-state index in [1.54, 1.807) is 18.3 Å². The van der Waals surface area contributed by atoms with E-state index in [1.807, 2.05) is 17.8 Å². The molecule has 0 amide bonds. The minimum Gasteiger partial charge on any atom is -0.331 e. The zero-order chi connectivity index (χ0) is 12.3. The summed E-state index contributed by atoms with van der Waals surface area (Å²) in [4.78, 5) is 4.34. The molecular formula is C13H16FN3. The molecule has 0 aliphatic heterocycles. The van der Waals surface area contributed by atoms with Gasteiger partial charge in [-0.1, -0.05) is 0 Å². The molecular weight excluding hydrogens is 217 g/mol. The van der Waals surface area contributed by atoms with Crippen LogP contribution in [0, 0.1) is 5.82 Å². The molecule has 0 spiro atoms. The van der Waals surface area contributed by atoms with Crippen LogP contribution in [-0.2, 0) is 13.1 Å². The molecule has 90 valence electrons. The lowest BCUT2D eigenvalue weighted by Crippen LogP contribution is -2.08. The van der Waals surface area contributed by atoms with Crippen molar-refractivity contribution in [1.82, 2.24) is 14.9 Å². The average Bonchev–Trinajstić information content (AvgIpc) is 2.78. The molecule has 0 aliphatic carbocycles. The van der Waals surface area contributed by atoms with Gasteiger partial charge in [-0.2, -0.15) is 0 Å². The maximum absolute atomic E-state index is 13.2. The zero-order valence-corrected chi connectivity index (χ0v) is 10.1. The van der Waals surface area contributed by atoms with Crippen molar-refractivity contribution in [3.8, 4) is 11.4 Å². The molecule has 0 bridgehead atoms. The Balaban J connectivity index is 2.50. The Kier molecular flexibility index (Phi) is 3.54. The smallest absolute Gasteiger partial charge is 0.140 e. The highest BCUT2D eigenvalue weighted by molar-refractivity contribution is 5.60. The average molecular weight is 233 g/mol. The van der Waals surface area contributed by atoms with Gasteiger partial charge in [-0.05, 0) is 37.7 Å². The monoisotopic (exact) mass is 233 g/mol. The molecule has 2 aromatic rings. The van der Waals surface area contributed by atoms with E-state index in [1.165, 1.54) is 6.07 Å². The lowest BCUT2D eigenvalue weighted by molar-refractivity contribution is 0.624. The fourth-order valence-corrected chi connectivity index (χ4v) is 1.93. The van der Waals surface area contributed by atoms with Crippen LogP contribution in [-0.4, -0.2) is 16.6 Å². The summed E-state index contributed by atoms with van der Waals surface area (Å²) in [6, 6.07) is 4.82. The fraction of sp³-hybridized carbons (Fsp3) is 0.308. The van der Waals surface area contributed by atoms with Gasteiger partial charge in [-0.3, -0.25) is 0 Å². The first kappa shape index (κ1) is 11.8. The molecule has 1 N–H and O–H groups in total. The van der Waals surface area contributed by atoms with Crippen LogP contribution in [0.15, 0.2) is 30.6 Å². The molecule has 2 rings (SSSR count). The quantitative estimate of drug-likeness (QED) is 0.879. The number of hydrogen-bond acceptors (Lipinski definition) is 2. The van der Waals surface area contributed by atoms with Gasteiger partial charge in [0.2, 0.25) is 0 Å². The van der Waals surface area contributed by atoms with Gasteiger partial charge in [-0.25, -0.2) is 9.37 Å². The highest BCUT2D eigenvalue weighted by Gasteiger charge is 2.10. The van der Waals surface area contributed by atoms with E-state index in [-0.39, 0.29) is 5.82 Å². The van der Waals surface area contributed by atoms with Crippen LogP contribution in [0.25, 0.3) is 11.4 Å². The van der Waals surface area contributed by atoms with Gasteiger partial charge in [0.05, 0.1) is 0 Å². The van der Waals surface area contributed by atoms with Gasteiger partial charge in [0.15, 0.2) is 0 Å². The summed E-state index contributed by atoms with van der Waals surface area (Å²) in [7, 11) is 1.85. The second kappa shape index (κ2) is 5.10. The van der Waals surface area contributed by atoms with Gasteiger partial charge in [-0.15, -0.1) is 0 Å². The Bertz CT molecular complexity index is 505. The Morgan fingerprint density at radius 1 is 1.41 bits per heavy atom. The van der Waals surface area contributed by atoms with Gasteiger partial charge in [0.1, 0.15) is 11.6 Å². The topological polar surface area (TPSA) is 29.9 Å². The minimum absolute atomic E-state index is 0.214. The largest absolute Gasteiger partial charge is 0.331 e. The minimum atomic E-state index is -0.214. The second-order valence-corrected chi connectivity index (χ2v) is 3.87. The lowest BCUT2D eigenvalue weighted by atomic mass is 10.1. The van der Waals surface area contributed by atoms with Crippen molar-refractivity contribution in [2.24, 2.45) is 0 Å². The number of hydrogen-bond donors (Lipinski definition) is 1. The maximum atomic E-state index is 13.2. The SMILES string of the molecule is CCn1ccnc1-c1ccc(F)cc1CNC. The van der Waals surface area contributed by atoms with Crippen LogP contribution in [0.1, 0.15) is 12.5 Å². The first-order valence-corrected chi connectivity index (χ1v) is 5.70. The predicted octanol–water partition coefficient (Wildman–Crippen LogP) is 2.43. The van der Waals surface area contributed by atoms with Crippen molar-refractivity contribution in [3.63, 3.8) is 0 Å². The molecule has 1 aromatic carbocycles. The zero-order valence-electron chi connectivity index (χ0n) is 10.1. The van der Waals surface area contributed by atoms with Crippen molar-refractivity contribution >= 4 is 0 Å². The van der Waals surface area contributed by atoms with Gasteiger partial charge >= 0.3 is 0 Å². The van der Waals surface area contributed by atoms with Crippen molar-refractivity contribution in [2.75, 3.05) is 7.05 Å². The van der Waals surface area contributed by atoms with Crippen LogP contribution < -0.4 is 5.32 Å². The number of aromatic nitrogens is 2. The van der Waals surface area contributed by atoms with Crippen LogP contribution in [0.3, 0.4) is 0 Å². The van der Waals surface area contributed by atoms with Crippen LogP contribution in [0.5, 0.6) is 0 Å². The lowest BCUT2D eigenvalue weighted by Gasteiger charge is -2.10. The second-order valence-electron chi connectivity index (χ2n) is 3.87. The Morgan fingerprint density at radius 2 is 2.24 bits per heavy atom. The molecule has 4 heteroatoms. The van der Waals surface area contributed by atoms with Gasteiger partial charge in [0, 0.05) is 31.0 Å². The summed E-state index contributed by atoms with van der Waals surface area (Å²) in [5.74, 6) is 0.673. The van der Waals surface area contributed by atoms with Crippen molar-refractivity contribution in [2.45, 2.75) is 20.0 Å². The van der Waals surface area contributed by atoms with E-state index in [0.29, 0.717) is 6.54 Å². The van der Waals surface area contributed by atoms with E-state index in [2.05, 4.69) is 17.2 Å². The Hall–Kier alpha value is -1.68. The molecule has 0 atom stereocenters. The first-order valence-electron chi connectivity index (χ1n) is 5.70. The van der Waals surface area contributed by atoms with E-state index < -0.39 is 0 Å². The normalized spacial score (nSPS) is 10.8. The van der Waals surface area contributed by atoms with Gasteiger partial charge < -0.3 is 9.88 Å². The third kappa shape index (κ3) is 2.36. The summed E-state index contributed by atoms with van der Waals surface area (Å²) >= 11 is 0.